The van der Waals surface area contributed by atoms with Gasteiger partial charge in [0, 0.05) is 52.6 Å². The predicted octanol–water partition coefficient (Wildman–Crippen LogP) is 1.35. The highest BCUT2D eigenvalue weighted by molar-refractivity contribution is 5.46. The second-order valence-corrected chi connectivity index (χ2v) is 8.34. The Balaban J connectivity index is 1.33. The van der Waals surface area contributed by atoms with Gasteiger partial charge >= 0.3 is 0 Å². The minimum absolute atomic E-state index is 0.350. The lowest BCUT2D eigenvalue weighted by atomic mass is 9.96. The molecule has 29 heavy (non-hydrogen) atoms. The predicted molar refractivity (Wildman–Crippen MR) is 111 cm³/mol. The van der Waals surface area contributed by atoms with Crippen molar-refractivity contribution < 1.29 is 0 Å². The summed E-state index contributed by atoms with van der Waals surface area (Å²) in [5.74, 6) is 3.21. The average Bonchev–Trinajstić information content (AvgIpc) is 3.16. The minimum Gasteiger partial charge on any atom is -0.361 e. The first kappa shape index (κ1) is 18.2. The Morgan fingerprint density at radius 1 is 1.00 bits per heavy atom. The maximum atomic E-state index is 4.72. The zero-order valence-electron chi connectivity index (χ0n) is 17.3. The van der Waals surface area contributed by atoms with Crippen molar-refractivity contribution in [3.05, 3.63) is 35.3 Å². The van der Waals surface area contributed by atoms with E-state index < -0.39 is 0 Å². The van der Waals surface area contributed by atoms with Crippen molar-refractivity contribution in [2.24, 2.45) is 0 Å². The summed E-state index contributed by atoms with van der Waals surface area (Å²) in [6, 6.07) is 6.19. The van der Waals surface area contributed by atoms with Gasteiger partial charge in [0.25, 0.3) is 0 Å². The van der Waals surface area contributed by atoms with E-state index in [9.17, 15) is 0 Å². The molecule has 0 aromatic carbocycles. The second kappa shape index (κ2) is 7.22. The quantitative estimate of drug-likeness (QED) is 0.660. The number of hydrogen-bond donors (Lipinski definition) is 0. The van der Waals surface area contributed by atoms with Gasteiger partial charge in [0.1, 0.15) is 5.82 Å². The van der Waals surface area contributed by atoms with Gasteiger partial charge in [-0.1, -0.05) is 0 Å². The van der Waals surface area contributed by atoms with Gasteiger partial charge in [0.15, 0.2) is 17.3 Å². The second-order valence-electron chi connectivity index (χ2n) is 8.34. The van der Waals surface area contributed by atoms with Crippen LogP contribution in [0.25, 0.3) is 5.65 Å². The van der Waals surface area contributed by atoms with Crippen LogP contribution in [0, 0.1) is 0 Å². The lowest BCUT2D eigenvalue weighted by Gasteiger charge is -2.32. The molecule has 1 saturated heterocycles. The maximum Gasteiger partial charge on any atom is 0.178 e. The number of rotatable bonds is 3. The Morgan fingerprint density at radius 2 is 1.83 bits per heavy atom. The van der Waals surface area contributed by atoms with Gasteiger partial charge in [-0.25, -0.2) is 0 Å². The molecular weight excluding hydrogens is 366 g/mol. The van der Waals surface area contributed by atoms with Crippen molar-refractivity contribution in [3.8, 4) is 0 Å². The van der Waals surface area contributed by atoms with Crippen molar-refractivity contribution in [1.82, 2.24) is 34.9 Å². The summed E-state index contributed by atoms with van der Waals surface area (Å²) in [5.41, 5.74) is 3.27. The normalized spacial score (nSPS) is 18.2. The Labute approximate surface area is 170 Å². The first-order chi connectivity index (χ1) is 14.1. The highest BCUT2D eigenvalue weighted by Crippen LogP contribution is 2.30. The summed E-state index contributed by atoms with van der Waals surface area (Å²) in [6.45, 7) is 3.90. The summed E-state index contributed by atoms with van der Waals surface area (Å²) in [4.78, 5) is 6.68. The van der Waals surface area contributed by atoms with Crippen molar-refractivity contribution in [3.63, 3.8) is 0 Å². The highest BCUT2D eigenvalue weighted by Gasteiger charge is 2.27. The molecule has 9 nitrogen and oxygen atoms in total. The molecule has 0 N–H and O–H groups in total. The molecule has 3 aromatic rings. The zero-order valence-corrected chi connectivity index (χ0v) is 17.3. The van der Waals surface area contributed by atoms with Gasteiger partial charge in [-0.15, -0.1) is 20.4 Å². The highest BCUT2D eigenvalue weighted by atomic mass is 15.4. The van der Waals surface area contributed by atoms with Crippen LogP contribution < -0.4 is 9.80 Å². The number of likely N-dealkylation sites (N-methyl/N-ethyl adjacent to an activating group) is 1. The standard InChI is InChI=1S/C20H27N9/c1-26(2)18-5-4-17-22-24-20(29(17)25-18)14-6-10-28(11-7-14)19-12-15-13-27(3)9-8-16(15)21-23-19/h4-5,12,14H,6-11,13H2,1-3H3. The summed E-state index contributed by atoms with van der Waals surface area (Å²) in [5, 5.41) is 22.5. The van der Waals surface area contributed by atoms with Crippen LogP contribution in [-0.2, 0) is 13.0 Å². The molecule has 2 aliphatic heterocycles. The number of aromatic nitrogens is 6. The molecule has 2 aliphatic rings. The summed E-state index contributed by atoms with van der Waals surface area (Å²) >= 11 is 0. The van der Waals surface area contributed by atoms with Gasteiger partial charge in [-0.05, 0) is 43.7 Å². The van der Waals surface area contributed by atoms with Crippen molar-refractivity contribution >= 4 is 17.3 Å². The number of piperidine rings is 1. The number of hydrogen-bond acceptors (Lipinski definition) is 8. The van der Waals surface area contributed by atoms with Crippen LogP contribution in [0.5, 0.6) is 0 Å². The molecule has 1 fully saturated rings. The molecule has 0 atom stereocenters. The molecule has 0 amide bonds. The van der Waals surface area contributed by atoms with E-state index in [1.807, 2.05) is 35.6 Å². The monoisotopic (exact) mass is 393 g/mol. The van der Waals surface area contributed by atoms with Crippen LogP contribution >= 0.6 is 0 Å². The molecule has 5 rings (SSSR count). The number of fused-ring (bicyclic) bond motifs is 2. The third kappa shape index (κ3) is 3.39. The molecule has 0 radical (unpaired) electrons. The molecule has 0 spiro atoms. The van der Waals surface area contributed by atoms with Crippen LogP contribution in [0.3, 0.4) is 0 Å². The van der Waals surface area contributed by atoms with E-state index in [1.165, 1.54) is 5.56 Å². The lowest BCUT2D eigenvalue weighted by molar-refractivity contribution is 0.308. The molecule has 0 aliphatic carbocycles. The topological polar surface area (TPSA) is 78.6 Å². The molecule has 5 heterocycles. The molecule has 9 heteroatoms. The molecule has 3 aromatic heterocycles. The Bertz CT molecular complexity index is 1020. The van der Waals surface area contributed by atoms with Gasteiger partial charge in [-0.2, -0.15) is 9.61 Å². The zero-order chi connectivity index (χ0) is 20.0. The fourth-order valence-corrected chi connectivity index (χ4v) is 4.27. The van der Waals surface area contributed by atoms with Gasteiger partial charge in [0.2, 0.25) is 0 Å². The summed E-state index contributed by atoms with van der Waals surface area (Å²) in [7, 11) is 6.15. The fraction of sp³-hybridized carbons (Fsp3) is 0.550. The van der Waals surface area contributed by atoms with Gasteiger partial charge in [-0.3, -0.25) is 0 Å². The first-order valence-electron chi connectivity index (χ1n) is 10.3. The molecule has 0 bridgehead atoms. The Hall–Kier alpha value is -2.81. The minimum atomic E-state index is 0.350. The van der Waals surface area contributed by atoms with E-state index in [0.29, 0.717) is 5.92 Å². The third-order valence-corrected chi connectivity index (χ3v) is 6.03. The van der Waals surface area contributed by atoms with Crippen LogP contribution in [0.15, 0.2) is 18.2 Å². The van der Waals surface area contributed by atoms with Crippen molar-refractivity contribution in [2.75, 3.05) is 50.6 Å². The van der Waals surface area contributed by atoms with Crippen LogP contribution in [0.2, 0.25) is 0 Å². The van der Waals surface area contributed by atoms with E-state index in [4.69, 9.17) is 5.10 Å². The van der Waals surface area contributed by atoms with Gasteiger partial charge in [0.05, 0.1) is 5.69 Å². The Morgan fingerprint density at radius 3 is 2.62 bits per heavy atom. The van der Waals surface area contributed by atoms with E-state index in [0.717, 1.165) is 74.2 Å². The molecular formula is C20H27N9. The average molecular weight is 393 g/mol. The van der Waals surface area contributed by atoms with Crippen LogP contribution in [0.1, 0.15) is 35.8 Å². The Kier molecular flexibility index (Phi) is 4.54. The van der Waals surface area contributed by atoms with E-state index >= 15 is 0 Å². The van der Waals surface area contributed by atoms with Crippen LogP contribution in [0.4, 0.5) is 11.6 Å². The maximum absolute atomic E-state index is 4.72. The number of anilines is 2. The van der Waals surface area contributed by atoms with Crippen molar-refractivity contribution in [1.29, 1.82) is 0 Å². The molecule has 0 saturated carbocycles. The van der Waals surface area contributed by atoms with Gasteiger partial charge < -0.3 is 14.7 Å². The SMILES string of the molecule is CN1CCc2nnc(N3CCC(c4nnc5ccc(N(C)C)nn45)CC3)cc2C1. The third-order valence-electron chi connectivity index (χ3n) is 6.03. The van der Waals surface area contributed by atoms with E-state index in [1.54, 1.807) is 0 Å². The van der Waals surface area contributed by atoms with E-state index in [-0.39, 0.29) is 0 Å². The van der Waals surface area contributed by atoms with E-state index in [2.05, 4.69) is 43.3 Å². The van der Waals surface area contributed by atoms with Crippen molar-refractivity contribution in [2.45, 2.75) is 31.7 Å². The smallest absolute Gasteiger partial charge is 0.178 e. The number of nitrogens with zero attached hydrogens (tertiary/aromatic N) is 9. The molecule has 152 valence electrons. The summed E-state index contributed by atoms with van der Waals surface area (Å²) < 4.78 is 1.91. The molecule has 0 unspecified atom stereocenters. The first-order valence-corrected chi connectivity index (χ1v) is 10.3. The summed E-state index contributed by atoms with van der Waals surface area (Å²) in [6.07, 6.45) is 3.00. The largest absolute Gasteiger partial charge is 0.361 e. The lowest BCUT2D eigenvalue weighted by Crippen LogP contribution is -2.35. The van der Waals surface area contributed by atoms with Crippen LogP contribution in [-0.4, -0.2) is 75.7 Å². The fourth-order valence-electron chi connectivity index (χ4n) is 4.27.